The van der Waals surface area contributed by atoms with Crippen molar-refractivity contribution >= 4 is 25.0 Å². The van der Waals surface area contributed by atoms with Crippen molar-refractivity contribution in [3.8, 4) is 0 Å². The summed E-state index contributed by atoms with van der Waals surface area (Å²) in [5.41, 5.74) is 2.25. The number of hydrogen-bond donors (Lipinski definition) is 4. The first-order valence-corrected chi connectivity index (χ1v) is 13.3. The van der Waals surface area contributed by atoms with Crippen LogP contribution in [0.15, 0.2) is 24.3 Å². The molecule has 3 amide bonds. The Bertz CT molecular complexity index is 813. The standard InChI is InChI=1S/C17H33BN2O4.C9H9NO2/c1-2-3-4-5-6-7-8-9-12-16(21)20-13-10-11-15(20)17(22)19-14-18(23)24;11-9(12)10-5-7-3-1-2-4-8(7)6-10/h15,23-24H,2-14H2,1H3,(H,19,22);1-4H,5-6H2,(H,11,12). The highest BCUT2D eigenvalue weighted by Crippen LogP contribution is 2.22. The molecule has 4 N–H and O–H groups in total. The minimum atomic E-state index is -1.56. The molecule has 0 spiro atoms. The van der Waals surface area contributed by atoms with Gasteiger partial charge in [0, 0.05) is 26.1 Å². The summed E-state index contributed by atoms with van der Waals surface area (Å²) < 4.78 is 0. The van der Waals surface area contributed by atoms with Gasteiger partial charge in [-0.05, 0) is 30.4 Å². The van der Waals surface area contributed by atoms with Crippen molar-refractivity contribution in [3.05, 3.63) is 35.4 Å². The minimum Gasteiger partial charge on any atom is -0.465 e. The Morgan fingerprint density at radius 3 is 2.11 bits per heavy atom. The lowest BCUT2D eigenvalue weighted by Gasteiger charge is -2.24. The lowest BCUT2D eigenvalue weighted by Crippen LogP contribution is -2.48. The van der Waals surface area contributed by atoms with Gasteiger partial charge in [0.25, 0.3) is 0 Å². The fourth-order valence-corrected chi connectivity index (χ4v) is 4.67. The Hall–Kier alpha value is -2.59. The van der Waals surface area contributed by atoms with E-state index in [1.165, 1.54) is 43.4 Å². The van der Waals surface area contributed by atoms with Crippen LogP contribution >= 0.6 is 0 Å². The van der Waals surface area contributed by atoms with Crippen LogP contribution in [-0.2, 0) is 22.7 Å². The lowest BCUT2D eigenvalue weighted by atomic mass is 9.92. The van der Waals surface area contributed by atoms with Gasteiger partial charge in [-0.1, -0.05) is 76.1 Å². The zero-order valence-corrected chi connectivity index (χ0v) is 21.5. The molecule has 2 aliphatic heterocycles. The molecule has 36 heavy (non-hydrogen) atoms. The smallest absolute Gasteiger partial charge is 0.465 e. The Morgan fingerprint density at radius 1 is 0.972 bits per heavy atom. The van der Waals surface area contributed by atoms with Crippen LogP contribution in [0.1, 0.15) is 88.7 Å². The van der Waals surface area contributed by atoms with Crippen molar-refractivity contribution in [1.82, 2.24) is 15.1 Å². The summed E-state index contributed by atoms with van der Waals surface area (Å²) in [6.45, 7) is 3.90. The Morgan fingerprint density at radius 2 is 1.56 bits per heavy atom. The number of likely N-dealkylation sites (tertiary alicyclic amines) is 1. The van der Waals surface area contributed by atoms with Crippen LogP contribution in [0, 0.1) is 0 Å². The summed E-state index contributed by atoms with van der Waals surface area (Å²) in [6.07, 6.45) is 10.5. The molecule has 1 fully saturated rings. The first-order valence-electron chi connectivity index (χ1n) is 13.3. The molecule has 1 aromatic carbocycles. The zero-order valence-electron chi connectivity index (χ0n) is 21.5. The number of unbranched alkanes of at least 4 members (excludes halogenated alkanes) is 7. The fourth-order valence-electron chi connectivity index (χ4n) is 4.67. The molecule has 9 nitrogen and oxygen atoms in total. The maximum absolute atomic E-state index is 12.3. The highest BCUT2D eigenvalue weighted by molar-refractivity contribution is 6.41. The molecule has 10 heteroatoms. The van der Waals surface area contributed by atoms with Crippen LogP contribution in [-0.4, -0.2) is 69.0 Å². The van der Waals surface area contributed by atoms with Crippen LogP contribution in [0.3, 0.4) is 0 Å². The van der Waals surface area contributed by atoms with Crippen LogP contribution in [0.5, 0.6) is 0 Å². The Balaban J connectivity index is 0.000000313. The monoisotopic (exact) mass is 503 g/mol. The van der Waals surface area contributed by atoms with Crippen molar-refractivity contribution in [2.45, 2.75) is 96.7 Å². The number of fused-ring (bicyclic) bond motifs is 1. The van der Waals surface area contributed by atoms with Gasteiger partial charge in [0.2, 0.25) is 11.8 Å². The average Bonchev–Trinajstić information content (AvgIpc) is 3.52. The van der Waals surface area contributed by atoms with Crippen LogP contribution in [0.2, 0.25) is 0 Å². The molecule has 1 unspecified atom stereocenters. The molecular weight excluding hydrogens is 461 g/mol. The highest BCUT2D eigenvalue weighted by Gasteiger charge is 2.33. The molecular formula is C26H42BN3O6. The van der Waals surface area contributed by atoms with Crippen molar-refractivity contribution < 1.29 is 29.5 Å². The molecule has 200 valence electrons. The summed E-state index contributed by atoms with van der Waals surface area (Å²) in [6, 6.07) is 7.36. The van der Waals surface area contributed by atoms with E-state index in [2.05, 4.69) is 12.2 Å². The predicted octanol–water partition coefficient (Wildman–Crippen LogP) is 3.32. The third kappa shape index (κ3) is 10.2. The normalized spacial score (nSPS) is 16.2. The van der Waals surface area contributed by atoms with Gasteiger partial charge in [0.1, 0.15) is 6.04 Å². The summed E-state index contributed by atoms with van der Waals surface area (Å²) in [5.74, 6) is -0.243. The van der Waals surface area contributed by atoms with Crippen molar-refractivity contribution in [1.29, 1.82) is 0 Å². The van der Waals surface area contributed by atoms with Crippen molar-refractivity contribution in [2.75, 3.05) is 13.0 Å². The van der Waals surface area contributed by atoms with Crippen molar-refractivity contribution in [2.24, 2.45) is 0 Å². The van der Waals surface area contributed by atoms with E-state index in [0.717, 1.165) is 30.4 Å². The summed E-state index contributed by atoms with van der Waals surface area (Å²) >= 11 is 0. The molecule has 1 atom stereocenters. The number of nitrogens with zero attached hydrogens (tertiary/aromatic N) is 2. The summed E-state index contributed by atoms with van der Waals surface area (Å²) in [7, 11) is -1.56. The van der Waals surface area contributed by atoms with Crippen LogP contribution in [0.4, 0.5) is 4.79 Å². The van der Waals surface area contributed by atoms with Gasteiger partial charge in [0.05, 0.1) is 6.44 Å². The van der Waals surface area contributed by atoms with Gasteiger partial charge < -0.3 is 25.4 Å². The molecule has 0 radical (unpaired) electrons. The molecule has 2 heterocycles. The van der Waals surface area contributed by atoms with Gasteiger partial charge in [-0.15, -0.1) is 0 Å². The van der Waals surface area contributed by atoms with E-state index < -0.39 is 19.3 Å². The number of nitrogens with one attached hydrogen (secondary N) is 1. The first-order chi connectivity index (χ1) is 17.3. The summed E-state index contributed by atoms with van der Waals surface area (Å²) in [5, 5.41) is 28.8. The second-order valence-electron chi connectivity index (χ2n) is 9.60. The predicted molar refractivity (Wildman–Crippen MR) is 139 cm³/mol. The highest BCUT2D eigenvalue weighted by atomic mass is 16.4. The van der Waals surface area contributed by atoms with Gasteiger partial charge >= 0.3 is 13.2 Å². The maximum atomic E-state index is 12.3. The fraction of sp³-hybridized carbons (Fsp3) is 0.654. The van der Waals surface area contributed by atoms with E-state index >= 15 is 0 Å². The number of carboxylic acid groups (broad SMARTS) is 1. The van der Waals surface area contributed by atoms with E-state index in [4.69, 9.17) is 15.2 Å². The number of carbonyl (C=O) groups is 3. The van der Waals surface area contributed by atoms with E-state index in [1.54, 1.807) is 4.90 Å². The maximum Gasteiger partial charge on any atom is 0.472 e. The number of benzene rings is 1. The van der Waals surface area contributed by atoms with E-state index in [9.17, 15) is 14.4 Å². The number of carbonyl (C=O) groups excluding carboxylic acids is 2. The van der Waals surface area contributed by atoms with Gasteiger partial charge in [0.15, 0.2) is 0 Å². The van der Waals surface area contributed by atoms with Crippen LogP contribution < -0.4 is 5.32 Å². The quantitative estimate of drug-likeness (QED) is 0.256. The van der Waals surface area contributed by atoms with Crippen molar-refractivity contribution in [3.63, 3.8) is 0 Å². The second kappa shape index (κ2) is 16.2. The lowest BCUT2D eigenvalue weighted by molar-refractivity contribution is -0.138. The minimum absolute atomic E-state index is 0.0446. The number of amides is 3. The molecule has 0 saturated carbocycles. The van der Waals surface area contributed by atoms with E-state index in [1.807, 2.05) is 24.3 Å². The Labute approximate surface area is 215 Å². The van der Waals surface area contributed by atoms with Gasteiger partial charge in [-0.2, -0.15) is 0 Å². The molecule has 3 rings (SSSR count). The topological polar surface area (TPSA) is 130 Å². The number of rotatable bonds is 12. The summed E-state index contributed by atoms with van der Waals surface area (Å²) in [4.78, 5) is 38.0. The second-order valence-corrected chi connectivity index (χ2v) is 9.60. The Kier molecular flexibility index (Phi) is 13.4. The number of hydrogen-bond acceptors (Lipinski definition) is 5. The molecule has 0 aliphatic carbocycles. The van der Waals surface area contributed by atoms with Gasteiger partial charge in [-0.25, -0.2) is 4.79 Å². The average molecular weight is 503 g/mol. The van der Waals surface area contributed by atoms with Gasteiger partial charge in [-0.3, -0.25) is 14.5 Å². The third-order valence-corrected chi connectivity index (χ3v) is 6.69. The molecule has 0 bridgehead atoms. The third-order valence-electron chi connectivity index (χ3n) is 6.69. The zero-order chi connectivity index (χ0) is 26.3. The first kappa shape index (κ1) is 29.6. The molecule has 0 aromatic heterocycles. The van der Waals surface area contributed by atoms with Crippen LogP contribution in [0.25, 0.3) is 0 Å². The van der Waals surface area contributed by atoms with E-state index in [0.29, 0.717) is 32.5 Å². The van der Waals surface area contributed by atoms with E-state index in [-0.39, 0.29) is 18.3 Å². The molecule has 2 aliphatic rings. The SMILES string of the molecule is CCCCCCCCCCC(=O)N1CCCC1C(=O)NCB(O)O.O=C(O)N1Cc2ccccc2C1. The molecule has 1 aromatic rings. The molecule has 1 saturated heterocycles. The largest absolute Gasteiger partial charge is 0.472 e.